The molecule has 2 heterocycles. The van der Waals surface area contributed by atoms with E-state index < -0.39 is 35.6 Å². The Kier molecular flexibility index (Phi) is 7.91. The Balaban J connectivity index is 1.45. The van der Waals surface area contributed by atoms with Crippen LogP contribution in [0.3, 0.4) is 0 Å². The van der Waals surface area contributed by atoms with Gasteiger partial charge in [-0.15, -0.1) is 0 Å². The second-order valence-corrected chi connectivity index (χ2v) is 11.7. The van der Waals surface area contributed by atoms with Crippen LogP contribution in [0.5, 0.6) is 0 Å². The number of thiazole rings is 1. The molecule has 0 saturated carbocycles. The first-order valence-electron chi connectivity index (χ1n) is 12.7. The summed E-state index contributed by atoms with van der Waals surface area (Å²) >= 11 is 1.21. The van der Waals surface area contributed by atoms with Crippen LogP contribution in [0.25, 0.3) is 21.3 Å². The molecule has 1 fully saturated rings. The van der Waals surface area contributed by atoms with Gasteiger partial charge in [0.2, 0.25) is 11.8 Å². The van der Waals surface area contributed by atoms with Crippen LogP contribution in [0.4, 0.5) is 4.79 Å². The number of fused-ring (bicyclic) bond motifs is 1. The zero-order chi connectivity index (χ0) is 27.6. The molecule has 0 radical (unpaired) electrons. The van der Waals surface area contributed by atoms with E-state index in [2.05, 4.69) is 5.32 Å². The topological polar surface area (TPSA) is 124 Å². The SMILES string of the molecule is Cn1c(=O)sc2cc(-c3ccc(C[C@H](NC(=O)[C@@H]4CCCCN4C(=O)OC(C)(C)C)C(N)=O)cc3)ccc21. The second-order valence-electron chi connectivity index (χ2n) is 10.7. The lowest BCUT2D eigenvalue weighted by Gasteiger charge is -2.36. The molecule has 2 atom stereocenters. The van der Waals surface area contributed by atoms with Gasteiger partial charge >= 0.3 is 11.0 Å². The third-order valence-electron chi connectivity index (χ3n) is 6.61. The minimum atomic E-state index is -0.922. The lowest BCUT2D eigenvalue weighted by atomic mass is 9.99. The normalized spacial score (nSPS) is 16.7. The minimum absolute atomic E-state index is 0.00511. The molecule has 9 nitrogen and oxygen atoms in total. The summed E-state index contributed by atoms with van der Waals surface area (Å²) in [5.41, 5.74) is 8.63. The Labute approximate surface area is 225 Å². The molecule has 1 aliphatic rings. The van der Waals surface area contributed by atoms with Crippen LogP contribution in [0.2, 0.25) is 0 Å². The van der Waals surface area contributed by atoms with Crippen LogP contribution in [0, 0.1) is 0 Å². The van der Waals surface area contributed by atoms with Gasteiger partial charge in [0.15, 0.2) is 0 Å². The summed E-state index contributed by atoms with van der Waals surface area (Å²) in [6, 6.07) is 11.9. The number of likely N-dealkylation sites (tertiary alicyclic amines) is 1. The number of carbonyl (C=O) groups is 3. The van der Waals surface area contributed by atoms with Gasteiger partial charge in [-0.2, -0.15) is 0 Å². The molecule has 0 bridgehead atoms. The smallest absolute Gasteiger partial charge is 0.410 e. The van der Waals surface area contributed by atoms with Gasteiger partial charge in [0.25, 0.3) is 0 Å². The molecule has 0 spiro atoms. The molecule has 1 aliphatic heterocycles. The zero-order valence-electron chi connectivity index (χ0n) is 22.2. The number of aryl methyl sites for hydroxylation is 1. The van der Waals surface area contributed by atoms with E-state index in [4.69, 9.17) is 10.5 Å². The number of ether oxygens (including phenoxy) is 1. The van der Waals surface area contributed by atoms with Gasteiger partial charge in [0.05, 0.1) is 10.2 Å². The number of aromatic nitrogens is 1. The molecular weight excluding hydrogens is 504 g/mol. The third kappa shape index (κ3) is 6.24. The van der Waals surface area contributed by atoms with E-state index in [0.29, 0.717) is 13.0 Å². The first-order chi connectivity index (χ1) is 17.9. The number of hydrogen-bond donors (Lipinski definition) is 2. The Hall–Kier alpha value is -3.66. The molecule has 38 heavy (non-hydrogen) atoms. The van der Waals surface area contributed by atoms with Gasteiger partial charge < -0.3 is 20.4 Å². The van der Waals surface area contributed by atoms with Gasteiger partial charge in [-0.25, -0.2) is 4.79 Å². The van der Waals surface area contributed by atoms with Gasteiger partial charge in [0, 0.05) is 20.0 Å². The predicted octanol–water partition coefficient (Wildman–Crippen LogP) is 3.57. The van der Waals surface area contributed by atoms with Crippen LogP contribution < -0.4 is 15.9 Å². The minimum Gasteiger partial charge on any atom is -0.444 e. The predicted molar refractivity (Wildman–Crippen MR) is 148 cm³/mol. The standard InChI is InChI=1S/C28H34N4O5S/c1-28(2,3)37-26(35)32-14-6-5-7-22(32)25(34)30-20(24(29)33)15-17-8-10-18(11-9-17)19-12-13-21-23(16-19)38-27(36)31(21)4/h8-13,16,20,22H,5-7,14-15H2,1-4H3,(H2,29,33)(H,30,34)/t20-,22-/m0/s1. The van der Waals surface area contributed by atoms with E-state index in [1.54, 1.807) is 32.4 Å². The summed E-state index contributed by atoms with van der Waals surface area (Å²) in [7, 11) is 1.76. The summed E-state index contributed by atoms with van der Waals surface area (Å²) < 4.78 is 8.03. The zero-order valence-corrected chi connectivity index (χ0v) is 23.0. The second kappa shape index (κ2) is 11.0. The number of carbonyl (C=O) groups excluding carboxylic acids is 3. The van der Waals surface area contributed by atoms with Crippen molar-refractivity contribution in [3.8, 4) is 11.1 Å². The highest BCUT2D eigenvalue weighted by Crippen LogP contribution is 2.26. The fraction of sp³-hybridized carbons (Fsp3) is 0.429. The first-order valence-corrected chi connectivity index (χ1v) is 13.5. The van der Waals surface area contributed by atoms with E-state index in [1.807, 2.05) is 42.5 Å². The number of nitrogens with zero attached hydrogens (tertiary/aromatic N) is 2. The third-order valence-corrected chi connectivity index (χ3v) is 7.61. The van der Waals surface area contributed by atoms with Crippen molar-refractivity contribution < 1.29 is 19.1 Å². The summed E-state index contributed by atoms with van der Waals surface area (Å²) in [6.07, 6.45) is 1.76. The number of nitrogens with one attached hydrogen (secondary N) is 1. The molecule has 0 unspecified atom stereocenters. The van der Waals surface area contributed by atoms with E-state index in [9.17, 15) is 19.2 Å². The molecule has 3 N–H and O–H groups in total. The number of piperidine rings is 1. The lowest BCUT2D eigenvalue weighted by Crippen LogP contribution is -2.56. The van der Waals surface area contributed by atoms with Crippen molar-refractivity contribution in [1.29, 1.82) is 0 Å². The molecule has 202 valence electrons. The van der Waals surface area contributed by atoms with Crippen molar-refractivity contribution in [3.63, 3.8) is 0 Å². The molecule has 3 amide bonds. The Morgan fingerprint density at radius 1 is 1.11 bits per heavy atom. The van der Waals surface area contributed by atoms with Crippen molar-refractivity contribution in [2.24, 2.45) is 12.8 Å². The van der Waals surface area contributed by atoms with Crippen molar-refractivity contribution in [2.75, 3.05) is 6.54 Å². The van der Waals surface area contributed by atoms with Crippen LogP contribution in [0.1, 0.15) is 45.6 Å². The van der Waals surface area contributed by atoms with Crippen LogP contribution >= 0.6 is 11.3 Å². The Bertz CT molecular complexity index is 1400. The number of amides is 3. The average molecular weight is 539 g/mol. The van der Waals surface area contributed by atoms with E-state index in [-0.39, 0.29) is 11.3 Å². The molecule has 3 aromatic rings. The Morgan fingerprint density at radius 2 is 1.79 bits per heavy atom. The summed E-state index contributed by atoms with van der Waals surface area (Å²) in [6.45, 7) is 5.75. The number of nitrogens with two attached hydrogens (primary N) is 1. The quantitative estimate of drug-likeness (QED) is 0.497. The van der Waals surface area contributed by atoms with Crippen molar-refractivity contribution in [1.82, 2.24) is 14.8 Å². The van der Waals surface area contributed by atoms with Gasteiger partial charge in [0.1, 0.15) is 17.7 Å². The van der Waals surface area contributed by atoms with E-state index in [1.165, 1.54) is 16.2 Å². The highest BCUT2D eigenvalue weighted by molar-refractivity contribution is 7.16. The van der Waals surface area contributed by atoms with Gasteiger partial charge in [-0.05, 0) is 68.9 Å². The van der Waals surface area contributed by atoms with Crippen molar-refractivity contribution in [3.05, 3.63) is 57.7 Å². The molecule has 4 rings (SSSR count). The number of primary amides is 1. The molecular formula is C28H34N4O5S. The molecule has 1 aromatic heterocycles. The number of hydrogen-bond acceptors (Lipinski definition) is 6. The lowest BCUT2D eigenvalue weighted by molar-refractivity contribution is -0.131. The monoisotopic (exact) mass is 538 g/mol. The van der Waals surface area contributed by atoms with Gasteiger partial charge in [-0.1, -0.05) is 41.7 Å². The largest absolute Gasteiger partial charge is 0.444 e. The van der Waals surface area contributed by atoms with E-state index in [0.717, 1.165) is 39.7 Å². The fourth-order valence-electron chi connectivity index (χ4n) is 4.62. The summed E-state index contributed by atoms with van der Waals surface area (Å²) in [5.74, 6) is -1.06. The van der Waals surface area contributed by atoms with Crippen LogP contribution in [0.15, 0.2) is 47.3 Å². The first kappa shape index (κ1) is 27.4. The Morgan fingerprint density at radius 3 is 2.45 bits per heavy atom. The molecule has 2 aromatic carbocycles. The van der Waals surface area contributed by atoms with E-state index >= 15 is 0 Å². The van der Waals surface area contributed by atoms with Gasteiger partial charge in [-0.3, -0.25) is 19.3 Å². The number of rotatable bonds is 6. The molecule has 10 heteroatoms. The van der Waals surface area contributed by atoms with Crippen LogP contribution in [-0.2, 0) is 27.8 Å². The number of benzene rings is 2. The van der Waals surface area contributed by atoms with Crippen molar-refractivity contribution in [2.45, 2.75) is 64.1 Å². The van der Waals surface area contributed by atoms with Crippen LogP contribution in [-0.4, -0.2) is 51.6 Å². The fourth-order valence-corrected chi connectivity index (χ4v) is 5.54. The maximum Gasteiger partial charge on any atom is 0.410 e. The molecule has 1 saturated heterocycles. The highest BCUT2D eigenvalue weighted by atomic mass is 32.1. The molecule has 0 aliphatic carbocycles. The maximum atomic E-state index is 13.2. The average Bonchev–Trinajstić information content (AvgIpc) is 3.15. The summed E-state index contributed by atoms with van der Waals surface area (Å²) in [5, 5.41) is 2.76. The maximum absolute atomic E-state index is 13.2. The highest BCUT2D eigenvalue weighted by Gasteiger charge is 2.36. The summed E-state index contributed by atoms with van der Waals surface area (Å²) in [4.78, 5) is 51.5. The van der Waals surface area contributed by atoms with Crippen molar-refractivity contribution >= 4 is 39.5 Å².